The number of hydrogen-bond acceptors (Lipinski definition) is 3. The van der Waals surface area contributed by atoms with Crippen LogP contribution in [0, 0.1) is 5.92 Å². The van der Waals surface area contributed by atoms with Gasteiger partial charge in [-0.3, -0.25) is 4.90 Å². The molecule has 1 saturated heterocycles. The Morgan fingerprint density at radius 1 is 1.08 bits per heavy atom. The lowest BCUT2D eigenvalue weighted by Gasteiger charge is -2.32. The third-order valence-electron chi connectivity index (χ3n) is 4.98. The van der Waals surface area contributed by atoms with Crippen LogP contribution in [-0.2, 0) is 6.54 Å². The molecule has 1 aliphatic heterocycles. The Hall–Kier alpha value is -1.26. The van der Waals surface area contributed by atoms with Crippen LogP contribution in [0.1, 0.15) is 18.4 Å². The Kier molecular flexibility index (Phi) is 7.14. The van der Waals surface area contributed by atoms with Gasteiger partial charge in [-0.15, -0.1) is 24.8 Å². The van der Waals surface area contributed by atoms with E-state index in [0.29, 0.717) is 0 Å². The normalized spacial score (nSPS) is 18.0. The Bertz CT molecular complexity index is 816. The van der Waals surface area contributed by atoms with Crippen LogP contribution in [0.2, 0.25) is 0 Å². The van der Waals surface area contributed by atoms with Crippen molar-refractivity contribution >= 4 is 46.8 Å². The lowest BCUT2D eigenvalue weighted by Crippen LogP contribution is -2.38. The highest BCUT2D eigenvalue weighted by molar-refractivity contribution is 6.05. The quantitative estimate of drug-likeness (QED) is 0.700. The topological polar surface area (TPSA) is 28.4 Å². The summed E-state index contributed by atoms with van der Waals surface area (Å²) < 4.78 is 6.16. The van der Waals surface area contributed by atoms with Crippen molar-refractivity contribution in [2.45, 2.75) is 19.4 Å². The fraction of sp³-hybridized carbons (Fsp3) is 0.400. The van der Waals surface area contributed by atoms with Gasteiger partial charge in [0, 0.05) is 29.4 Å². The summed E-state index contributed by atoms with van der Waals surface area (Å²) in [5.74, 6) is 0.767. The second-order valence-electron chi connectivity index (χ2n) is 6.69. The summed E-state index contributed by atoms with van der Waals surface area (Å²) >= 11 is 0. The summed E-state index contributed by atoms with van der Waals surface area (Å²) in [7, 11) is 2.05. The molecule has 1 aliphatic rings. The summed E-state index contributed by atoms with van der Waals surface area (Å²) in [6.45, 7) is 4.47. The minimum Gasteiger partial charge on any atom is -0.456 e. The number of piperidine rings is 1. The smallest absolute Gasteiger partial charge is 0.139 e. The maximum absolute atomic E-state index is 6.16. The van der Waals surface area contributed by atoms with E-state index < -0.39 is 0 Å². The number of nitrogens with one attached hydrogen (secondary N) is 1. The highest BCUT2D eigenvalue weighted by atomic mass is 35.5. The number of para-hydroxylation sites is 2. The Labute approximate surface area is 161 Å². The van der Waals surface area contributed by atoms with Crippen molar-refractivity contribution in [2.24, 2.45) is 5.92 Å². The first kappa shape index (κ1) is 20.1. The second-order valence-corrected chi connectivity index (χ2v) is 6.69. The van der Waals surface area contributed by atoms with E-state index in [4.69, 9.17) is 4.42 Å². The van der Waals surface area contributed by atoms with E-state index in [1.807, 2.05) is 13.1 Å². The van der Waals surface area contributed by atoms with Crippen LogP contribution in [0.25, 0.3) is 21.9 Å². The molecule has 1 aromatic heterocycles. The van der Waals surface area contributed by atoms with E-state index in [2.05, 4.69) is 46.6 Å². The number of halogens is 2. The van der Waals surface area contributed by atoms with E-state index in [1.165, 1.54) is 42.3 Å². The predicted molar refractivity (Wildman–Crippen MR) is 110 cm³/mol. The molecule has 0 saturated carbocycles. The van der Waals surface area contributed by atoms with E-state index in [0.717, 1.165) is 30.2 Å². The van der Waals surface area contributed by atoms with Crippen LogP contribution in [0.3, 0.4) is 0 Å². The monoisotopic (exact) mass is 380 g/mol. The predicted octanol–water partition coefficient (Wildman–Crippen LogP) is 4.86. The molecule has 1 N–H and O–H groups in total. The molecule has 0 bridgehead atoms. The van der Waals surface area contributed by atoms with Crippen molar-refractivity contribution < 1.29 is 4.42 Å². The number of nitrogens with zero attached hydrogens (tertiary/aromatic N) is 1. The molecule has 2 aromatic carbocycles. The first-order valence-electron chi connectivity index (χ1n) is 8.61. The average Bonchev–Trinajstić information content (AvgIpc) is 2.96. The molecule has 0 spiro atoms. The first-order valence-corrected chi connectivity index (χ1v) is 8.61. The van der Waals surface area contributed by atoms with Gasteiger partial charge in [-0.25, -0.2) is 0 Å². The minimum atomic E-state index is 0. The Morgan fingerprint density at radius 2 is 1.88 bits per heavy atom. The van der Waals surface area contributed by atoms with Crippen molar-refractivity contribution in [3.63, 3.8) is 0 Å². The van der Waals surface area contributed by atoms with Gasteiger partial charge in [0.05, 0.1) is 0 Å². The fourth-order valence-corrected chi connectivity index (χ4v) is 3.92. The molecule has 4 rings (SSSR count). The molecule has 0 aliphatic carbocycles. The lowest BCUT2D eigenvalue weighted by atomic mass is 9.97. The SMILES string of the molecule is CNCC1CCCN(Cc2cccc3c2oc2ccccc23)C1.Cl.Cl. The van der Waals surface area contributed by atoms with E-state index in [1.54, 1.807) is 0 Å². The van der Waals surface area contributed by atoms with Gasteiger partial charge in [-0.05, 0) is 45.0 Å². The molecular formula is C20H26Cl2N2O. The van der Waals surface area contributed by atoms with Crippen LogP contribution in [0.15, 0.2) is 46.9 Å². The van der Waals surface area contributed by atoms with E-state index in [9.17, 15) is 0 Å². The van der Waals surface area contributed by atoms with Crippen molar-refractivity contribution in [2.75, 3.05) is 26.7 Å². The number of furan rings is 1. The third kappa shape index (κ3) is 4.12. The number of hydrogen-bond donors (Lipinski definition) is 1. The highest BCUT2D eigenvalue weighted by Crippen LogP contribution is 2.31. The van der Waals surface area contributed by atoms with Crippen molar-refractivity contribution in [3.8, 4) is 0 Å². The third-order valence-corrected chi connectivity index (χ3v) is 4.98. The fourth-order valence-electron chi connectivity index (χ4n) is 3.92. The van der Waals surface area contributed by atoms with Crippen LogP contribution >= 0.6 is 24.8 Å². The number of rotatable bonds is 4. The van der Waals surface area contributed by atoms with Crippen molar-refractivity contribution in [1.82, 2.24) is 10.2 Å². The zero-order valence-electron chi connectivity index (χ0n) is 14.5. The minimum absolute atomic E-state index is 0. The summed E-state index contributed by atoms with van der Waals surface area (Å²) in [5.41, 5.74) is 3.36. The van der Waals surface area contributed by atoms with Gasteiger partial charge in [0.1, 0.15) is 11.2 Å². The molecule has 1 atom stereocenters. The van der Waals surface area contributed by atoms with Gasteiger partial charge in [-0.2, -0.15) is 0 Å². The molecule has 0 amide bonds. The van der Waals surface area contributed by atoms with Gasteiger partial charge < -0.3 is 9.73 Å². The molecule has 5 heteroatoms. The molecule has 25 heavy (non-hydrogen) atoms. The molecule has 136 valence electrons. The summed E-state index contributed by atoms with van der Waals surface area (Å²) in [5, 5.41) is 5.78. The zero-order valence-corrected chi connectivity index (χ0v) is 16.2. The van der Waals surface area contributed by atoms with E-state index in [-0.39, 0.29) is 24.8 Å². The number of fused-ring (bicyclic) bond motifs is 3. The highest BCUT2D eigenvalue weighted by Gasteiger charge is 2.20. The molecule has 3 aromatic rings. The first-order chi connectivity index (χ1) is 11.3. The van der Waals surface area contributed by atoms with Crippen LogP contribution in [0.5, 0.6) is 0 Å². The van der Waals surface area contributed by atoms with Crippen LogP contribution in [-0.4, -0.2) is 31.6 Å². The van der Waals surface area contributed by atoms with Gasteiger partial charge in [-0.1, -0.05) is 36.4 Å². The van der Waals surface area contributed by atoms with Gasteiger partial charge in [0.15, 0.2) is 0 Å². The van der Waals surface area contributed by atoms with Gasteiger partial charge >= 0.3 is 0 Å². The summed E-state index contributed by atoms with van der Waals surface area (Å²) in [6.07, 6.45) is 2.63. The Balaban J connectivity index is 0.00000113. The largest absolute Gasteiger partial charge is 0.456 e. The lowest BCUT2D eigenvalue weighted by molar-refractivity contribution is 0.167. The molecule has 2 heterocycles. The van der Waals surface area contributed by atoms with Crippen LogP contribution < -0.4 is 5.32 Å². The number of likely N-dealkylation sites (tertiary alicyclic amines) is 1. The van der Waals surface area contributed by atoms with Crippen molar-refractivity contribution in [3.05, 3.63) is 48.0 Å². The Morgan fingerprint density at radius 3 is 2.72 bits per heavy atom. The molecule has 1 unspecified atom stereocenters. The van der Waals surface area contributed by atoms with Gasteiger partial charge in [0.25, 0.3) is 0 Å². The maximum Gasteiger partial charge on any atom is 0.139 e. The summed E-state index contributed by atoms with van der Waals surface area (Å²) in [4.78, 5) is 2.58. The average molecular weight is 381 g/mol. The van der Waals surface area contributed by atoms with Crippen molar-refractivity contribution in [1.29, 1.82) is 0 Å². The molecule has 1 fully saturated rings. The van der Waals surface area contributed by atoms with Gasteiger partial charge in [0.2, 0.25) is 0 Å². The standard InChI is InChI=1S/C20H24N2O.2ClH/c1-21-12-15-6-5-11-22(13-15)14-16-7-4-9-18-17-8-2-3-10-19(17)23-20(16)18;;/h2-4,7-10,15,21H,5-6,11-14H2,1H3;2*1H. The second kappa shape index (κ2) is 8.91. The summed E-state index contributed by atoms with van der Waals surface area (Å²) in [6, 6.07) is 14.9. The molecular weight excluding hydrogens is 355 g/mol. The zero-order chi connectivity index (χ0) is 15.6. The number of benzene rings is 2. The van der Waals surface area contributed by atoms with Crippen LogP contribution in [0.4, 0.5) is 0 Å². The van der Waals surface area contributed by atoms with E-state index >= 15 is 0 Å². The maximum atomic E-state index is 6.16. The molecule has 0 radical (unpaired) electrons. The molecule has 3 nitrogen and oxygen atoms in total.